The van der Waals surface area contributed by atoms with E-state index in [2.05, 4.69) is 0 Å². The van der Waals surface area contributed by atoms with E-state index >= 15 is 0 Å². The summed E-state index contributed by atoms with van der Waals surface area (Å²) in [5, 5.41) is 10.8. The number of rotatable bonds is 5. The van der Waals surface area contributed by atoms with Crippen LogP contribution < -0.4 is 0 Å². The quantitative estimate of drug-likeness (QED) is 0.454. The van der Waals surface area contributed by atoms with E-state index in [0.717, 1.165) is 17.0 Å². The Labute approximate surface area is 152 Å². The van der Waals surface area contributed by atoms with E-state index in [4.69, 9.17) is 0 Å². The first-order valence-electron chi connectivity index (χ1n) is 7.91. The van der Waals surface area contributed by atoms with Gasteiger partial charge in [-0.2, -0.15) is 0 Å². The standard InChI is InChI=1S/C18H14FN3O5/c1-20(9-11-4-2-3-5-15(11)19)16(23)10-21-17(24)13-7-6-12(22(26)27)8-14(13)18(21)25/h2-8H,9-10H2,1H3. The summed E-state index contributed by atoms with van der Waals surface area (Å²) in [5.41, 5.74) is -0.125. The van der Waals surface area contributed by atoms with Crippen LogP contribution in [0.15, 0.2) is 42.5 Å². The third-order valence-corrected chi connectivity index (χ3v) is 4.25. The number of imide groups is 1. The Kier molecular flexibility index (Phi) is 4.68. The molecule has 0 aliphatic carbocycles. The molecule has 27 heavy (non-hydrogen) atoms. The lowest BCUT2D eigenvalue weighted by molar-refractivity contribution is -0.384. The van der Waals surface area contributed by atoms with Gasteiger partial charge in [-0.15, -0.1) is 0 Å². The van der Waals surface area contributed by atoms with Crippen LogP contribution >= 0.6 is 0 Å². The molecule has 9 heteroatoms. The first-order valence-corrected chi connectivity index (χ1v) is 7.91. The molecule has 1 aliphatic heterocycles. The number of nitro benzene ring substituents is 1. The number of non-ortho nitro benzene ring substituents is 1. The van der Waals surface area contributed by atoms with E-state index in [1.807, 2.05) is 0 Å². The molecule has 8 nitrogen and oxygen atoms in total. The molecule has 3 rings (SSSR count). The monoisotopic (exact) mass is 371 g/mol. The van der Waals surface area contributed by atoms with Gasteiger partial charge in [-0.3, -0.25) is 29.4 Å². The van der Waals surface area contributed by atoms with Gasteiger partial charge >= 0.3 is 0 Å². The number of halogens is 1. The summed E-state index contributed by atoms with van der Waals surface area (Å²) >= 11 is 0. The molecule has 0 unspecified atom stereocenters. The number of likely N-dealkylation sites (N-methyl/N-ethyl adjacent to an activating group) is 1. The summed E-state index contributed by atoms with van der Waals surface area (Å²) in [7, 11) is 1.43. The molecule has 0 saturated heterocycles. The average molecular weight is 371 g/mol. The zero-order chi connectivity index (χ0) is 19.7. The Bertz CT molecular complexity index is 975. The molecule has 2 aromatic rings. The van der Waals surface area contributed by atoms with Crippen molar-refractivity contribution in [3.05, 3.63) is 75.1 Å². The zero-order valence-electron chi connectivity index (χ0n) is 14.2. The van der Waals surface area contributed by atoms with Crippen LogP contribution in [0.1, 0.15) is 26.3 Å². The fourth-order valence-corrected chi connectivity index (χ4v) is 2.76. The molecule has 138 valence electrons. The van der Waals surface area contributed by atoms with Gasteiger partial charge in [0.2, 0.25) is 5.91 Å². The molecule has 0 bridgehead atoms. The minimum absolute atomic E-state index is 0.00940. The van der Waals surface area contributed by atoms with Gasteiger partial charge in [-0.05, 0) is 12.1 Å². The van der Waals surface area contributed by atoms with Gasteiger partial charge in [0.05, 0.1) is 16.1 Å². The lowest BCUT2D eigenvalue weighted by atomic mass is 10.1. The number of benzene rings is 2. The van der Waals surface area contributed by atoms with Crippen LogP contribution in [0, 0.1) is 15.9 Å². The van der Waals surface area contributed by atoms with Crippen molar-refractivity contribution in [1.82, 2.24) is 9.80 Å². The molecule has 2 aromatic carbocycles. The van der Waals surface area contributed by atoms with Crippen molar-refractivity contribution < 1.29 is 23.7 Å². The fourth-order valence-electron chi connectivity index (χ4n) is 2.76. The van der Waals surface area contributed by atoms with Crippen LogP contribution in [0.3, 0.4) is 0 Å². The van der Waals surface area contributed by atoms with E-state index in [1.54, 1.807) is 6.07 Å². The van der Waals surface area contributed by atoms with Crippen molar-refractivity contribution in [3.63, 3.8) is 0 Å². The number of hydrogen-bond donors (Lipinski definition) is 0. The second-order valence-corrected chi connectivity index (χ2v) is 6.02. The van der Waals surface area contributed by atoms with Gasteiger partial charge in [0.1, 0.15) is 12.4 Å². The highest BCUT2D eigenvalue weighted by Gasteiger charge is 2.38. The van der Waals surface area contributed by atoms with Gasteiger partial charge in [-0.1, -0.05) is 18.2 Å². The lowest BCUT2D eigenvalue weighted by Crippen LogP contribution is -2.41. The molecule has 0 aromatic heterocycles. The maximum absolute atomic E-state index is 13.7. The van der Waals surface area contributed by atoms with E-state index in [-0.39, 0.29) is 23.4 Å². The highest BCUT2D eigenvalue weighted by molar-refractivity contribution is 6.22. The van der Waals surface area contributed by atoms with Crippen molar-refractivity contribution >= 4 is 23.4 Å². The SMILES string of the molecule is CN(Cc1ccccc1F)C(=O)CN1C(=O)c2ccc([N+](=O)[O-])cc2C1=O. The number of nitrogens with zero attached hydrogens (tertiary/aromatic N) is 3. The first-order chi connectivity index (χ1) is 12.8. The van der Waals surface area contributed by atoms with Gasteiger partial charge in [0, 0.05) is 31.3 Å². The number of hydrogen-bond acceptors (Lipinski definition) is 5. The molecule has 0 atom stereocenters. The smallest absolute Gasteiger partial charge is 0.270 e. The lowest BCUT2D eigenvalue weighted by Gasteiger charge is -2.21. The van der Waals surface area contributed by atoms with E-state index in [9.17, 15) is 28.9 Å². The Balaban J connectivity index is 1.74. The van der Waals surface area contributed by atoms with Crippen LogP contribution in [0.25, 0.3) is 0 Å². The Morgan fingerprint density at radius 3 is 2.48 bits per heavy atom. The van der Waals surface area contributed by atoms with Gasteiger partial charge in [0.15, 0.2) is 0 Å². The van der Waals surface area contributed by atoms with E-state index in [0.29, 0.717) is 5.56 Å². The minimum Gasteiger partial charge on any atom is -0.340 e. The molecule has 1 heterocycles. The second-order valence-electron chi connectivity index (χ2n) is 6.02. The third-order valence-electron chi connectivity index (χ3n) is 4.25. The van der Waals surface area contributed by atoms with Crippen LogP contribution in [-0.2, 0) is 11.3 Å². The number of carbonyl (C=O) groups excluding carboxylic acids is 3. The van der Waals surface area contributed by atoms with Crippen molar-refractivity contribution in [3.8, 4) is 0 Å². The van der Waals surface area contributed by atoms with E-state index < -0.39 is 35.0 Å². The second kappa shape index (κ2) is 6.94. The van der Waals surface area contributed by atoms with Crippen molar-refractivity contribution in [2.24, 2.45) is 0 Å². The number of carbonyl (C=O) groups is 3. The van der Waals surface area contributed by atoms with Gasteiger partial charge in [0.25, 0.3) is 17.5 Å². The molecular weight excluding hydrogens is 357 g/mol. The van der Waals surface area contributed by atoms with Gasteiger partial charge in [-0.25, -0.2) is 4.39 Å². The summed E-state index contributed by atoms with van der Waals surface area (Å²) in [6.45, 7) is -0.564. The zero-order valence-corrected chi connectivity index (χ0v) is 14.2. The van der Waals surface area contributed by atoms with Crippen molar-refractivity contribution in [1.29, 1.82) is 0 Å². The maximum Gasteiger partial charge on any atom is 0.270 e. The molecule has 0 N–H and O–H groups in total. The summed E-state index contributed by atoms with van der Waals surface area (Å²) in [6.07, 6.45) is 0. The van der Waals surface area contributed by atoms with Crippen LogP contribution in [0.4, 0.5) is 10.1 Å². The van der Waals surface area contributed by atoms with Crippen molar-refractivity contribution in [2.45, 2.75) is 6.54 Å². The fraction of sp³-hybridized carbons (Fsp3) is 0.167. The largest absolute Gasteiger partial charge is 0.340 e. The van der Waals surface area contributed by atoms with Crippen molar-refractivity contribution in [2.75, 3.05) is 13.6 Å². The minimum atomic E-state index is -0.772. The van der Waals surface area contributed by atoms with Crippen LogP contribution in [0.5, 0.6) is 0 Å². The van der Waals surface area contributed by atoms with Crippen LogP contribution in [-0.4, -0.2) is 46.0 Å². The topological polar surface area (TPSA) is 101 Å². The molecule has 3 amide bonds. The molecule has 0 radical (unpaired) electrons. The predicted molar refractivity (Wildman–Crippen MR) is 91.3 cm³/mol. The Hall–Kier alpha value is -3.62. The molecule has 0 spiro atoms. The highest BCUT2D eigenvalue weighted by Crippen LogP contribution is 2.26. The number of amides is 3. The number of nitro groups is 1. The molecule has 1 aliphatic rings. The average Bonchev–Trinajstić information content (AvgIpc) is 2.88. The number of fused-ring (bicyclic) bond motifs is 1. The first kappa shape index (κ1) is 18.2. The normalized spacial score (nSPS) is 12.9. The van der Waals surface area contributed by atoms with Crippen LogP contribution in [0.2, 0.25) is 0 Å². The predicted octanol–water partition coefficient (Wildman–Crippen LogP) is 1.99. The summed E-state index contributed by atoms with van der Waals surface area (Å²) in [4.78, 5) is 49.2. The summed E-state index contributed by atoms with van der Waals surface area (Å²) in [5.74, 6) is -2.50. The molecular formula is C18H14FN3O5. The summed E-state index contributed by atoms with van der Waals surface area (Å²) < 4.78 is 13.7. The molecule has 0 saturated carbocycles. The molecule has 0 fully saturated rings. The Morgan fingerprint density at radius 1 is 1.15 bits per heavy atom. The maximum atomic E-state index is 13.7. The highest BCUT2D eigenvalue weighted by atomic mass is 19.1. The third kappa shape index (κ3) is 3.39. The van der Waals surface area contributed by atoms with E-state index in [1.165, 1.54) is 36.2 Å². The Morgan fingerprint density at radius 2 is 1.81 bits per heavy atom. The van der Waals surface area contributed by atoms with Gasteiger partial charge < -0.3 is 4.90 Å². The summed E-state index contributed by atoms with van der Waals surface area (Å²) in [6, 6.07) is 9.29.